The Morgan fingerprint density at radius 1 is 1.32 bits per heavy atom. The summed E-state index contributed by atoms with van der Waals surface area (Å²) in [4.78, 5) is 28.6. The van der Waals surface area contributed by atoms with Gasteiger partial charge in [-0.1, -0.05) is 23.9 Å². The number of primary amides is 1. The van der Waals surface area contributed by atoms with Crippen molar-refractivity contribution in [3.8, 4) is 0 Å². The third-order valence-electron chi connectivity index (χ3n) is 3.54. The molecular weight excluding hydrogens is 342 g/mol. The van der Waals surface area contributed by atoms with E-state index in [1.165, 1.54) is 16.3 Å². The van der Waals surface area contributed by atoms with Crippen LogP contribution in [0.5, 0.6) is 0 Å². The van der Waals surface area contributed by atoms with Crippen molar-refractivity contribution < 1.29 is 4.79 Å². The topological polar surface area (TPSA) is 122 Å². The largest absolute Gasteiger partial charge is 0.368 e. The third kappa shape index (κ3) is 3.53. The number of aromatic nitrogens is 6. The molecule has 0 bridgehead atoms. The minimum absolute atomic E-state index is 0.106. The van der Waals surface area contributed by atoms with Crippen molar-refractivity contribution in [2.45, 2.75) is 37.3 Å². The number of tetrazole rings is 1. The number of thioether (sulfide) groups is 1. The van der Waals surface area contributed by atoms with Crippen molar-refractivity contribution in [1.29, 1.82) is 0 Å². The molecule has 1 amide bonds. The molecule has 0 atom stereocenters. The van der Waals surface area contributed by atoms with Gasteiger partial charge >= 0.3 is 0 Å². The first-order valence-corrected chi connectivity index (χ1v) is 8.63. The number of carbonyl (C=O) groups is 1. The summed E-state index contributed by atoms with van der Waals surface area (Å²) in [5, 5.41) is 12.7. The lowest BCUT2D eigenvalue weighted by Crippen LogP contribution is -2.31. The molecule has 3 rings (SSSR count). The van der Waals surface area contributed by atoms with Gasteiger partial charge in [-0.05, 0) is 36.4 Å². The first-order chi connectivity index (χ1) is 12.0. The monoisotopic (exact) mass is 359 g/mol. The van der Waals surface area contributed by atoms with Gasteiger partial charge in [0.15, 0.2) is 0 Å². The van der Waals surface area contributed by atoms with Gasteiger partial charge in [0.2, 0.25) is 11.1 Å². The fourth-order valence-electron chi connectivity index (χ4n) is 2.38. The molecule has 3 aromatic rings. The van der Waals surface area contributed by atoms with E-state index in [4.69, 9.17) is 5.73 Å². The van der Waals surface area contributed by atoms with E-state index in [1.54, 1.807) is 22.9 Å². The molecule has 2 N–H and O–H groups in total. The zero-order valence-corrected chi connectivity index (χ0v) is 14.6. The fourth-order valence-corrected chi connectivity index (χ4v) is 3.33. The quantitative estimate of drug-likeness (QED) is 0.644. The molecule has 9 nitrogen and oxygen atoms in total. The van der Waals surface area contributed by atoms with Crippen molar-refractivity contribution in [3.05, 3.63) is 40.4 Å². The number of hydrogen-bond donors (Lipinski definition) is 1. The molecule has 0 spiro atoms. The number of nitrogens with zero attached hydrogens (tertiary/aromatic N) is 6. The molecule has 1 aromatic carbocycles. The highest BCUT2D eigenvalue weighted by molar-refractivity contribution is 7.98. The van der Waals surface area contributed by atoms with E-state index in [2.05, 4.69) is 20.5 Å². The van der Waals surface area contributed by atoms with Crippen molar-refractivity contribution in [2.75, 3.05) is 0 Å². The Hall–Kier alpha value is -2.75. The first kappa shape index (κ1) is 17.1. The van der Waals surface area contributed by atoms with Crippen molar-refractivity contribution >= 4 is 28.6 Å². The summed E-state index contributed by atoms with van der Waals surface area (Å²) in [5.41, 5.74) is 5.58. The minimum atomic E-state index is -0.600. The van der Waals surface area contributed by atoms with E-state index < -0.39 is 5.91 Å². The zero-order valence-electron chi connectivity index (χ0n) is 13.8. The van der Waals surface area contributed by atoms with Gasteiger partial charge in [-0.15, -0.1) is 5.10 Å². The second-order valence-electron chi connectivity index (χ2n) is 5.69. The van der Waals surface area contributed by atoms with E-state index in [1.807, 2.05) is 19.9 Å². The Morgan fingerprint density at radius 3 is 2.80 bits per heavy atom. The molecule has 0 aliphatic carbocycles. The van der Waals surface area contributed by atoms with Crippen LogP contribution in [0.1, 0.15) is 25.7 Å². The molecule has 0 radical (unpaired) electrons. The lowest BCUT2D eigenvalue weighted by atomic mass is 10.2. The van der Waals surface area contributed by atoms with Crippen LogP contribution in [0.2, 0.25) is 0 Å². The number of carbonyl (C=O) groups excluding carboxylic acids is 1. The van der Waals surface area contributed by atoms with Crippen LogP contribution in [0.4, 0.5) is 0 Å². The molecule has 0 saturated heterocycles. The number of para-hydroxylation sites is 1. The van der Waals surface area contributed by atoms with Gasteiger partial charge in [0.1, 0.15) is 12.4 Å². The van der Waals surface area contributed by atoms with Crippen LogP contribution in [0.25, 0.3) is 10.9 Å². The third-order valence-corrected chi connectivity index (χ3v) is 4.47. The summed E-state index contributed by atoms with van der Waals surface area (Å²) in [5.74, 6) is 0.184. The number of amides is 1. The smallest absolute Gasteiger partial charge is 0.261 e. The lowest BCUT2D eigenvalue weighted by molar-refractivity contribution is -0.118. The SMILES string of the molecule is CC(C)n1nnnc1SCc1nc2ccccc2c(=O)n1CC(N)=O. The number of rotatable bonds is 6. The van der Waals surface area contributed by atoms with Crippen LogP contribution < -0.4 is 11.3 Å². The van der Waals surface area contributed by atoms with Crippen molar-refractivity contribution in [1.82, 2.24) is 29.8 Å². The number of nitrogens with two attached hydrogens (primary N) is 1. The zero-order chi connectivity index (χ0) is 18.0. The van der Waals surface area contributed by atoms with Crippen LogP contribution in [0.15, 0.2) is 34.2 Å². The Kier molecular flexibility index (Phi) is 4.79. The molecule has 0 saturated carbocycles. The van der Waals surface area contributed by atoms with Crippen LogP contribution in [0, 0.1) is 0 Å². The summed E-state index contributed by atoms with van der Waals surface area (Å²) >= 11 is 1.35. The van der Waals surface area contributed by atoms with Crippen LogP contribution in [-0.2, 0) is 17.1 Å². The highest BCUT2D eigenvalue weighted by Crippen LogP contribution is 2.21. The first-order valence-electron chi connectivity index (χ1n) is 7.64. The van der Waals surface area contributed by atoms with Crippen LogP contribution in [0.3, 0.4) is 0 Å². The van der Waals surface area contributed by atoms with Gasteiger partial charge in [0.05, 0.1) is 22.7 Å². The number of benzene rings is 1. The van der Waals surface area contributed by atoms with Gasteiger partial charge in [0.25, 0.3) is 5.56 Å². The molecule has 10 heteroatoms. The van der Waals surface area contributed by atoms with Gasteiger partial charge in [-0.3, -0.25) is 14.2 Å². The summed E-state index contributed by atoms with van der Waals surface area (Å²) in [6, 6.07) is 7.11. The average molecular weight is 359 g/mol. The second-order valence-corrected chi connectivity index (χ2v) is 6.63. The van der Waals surface area contributed by atoms with E-state index in [0.717, 1.165) is 0 Å². The second kappa shape index (κ2) is 7.01. The highest BCUT2D eigenvalue weighted by Gasteiger charge is 2.15. The predicted molar refractivity (Wildman–Crippen MR) is 93.0 cm³/mol. The standard InChI is InChI=1S/C15H17N7O2S/c1-9(2)22-15(18-19-20-22)25-8-13-17-11-6-4-3-5-10(11)14(24)21(13)7-12(16)23/h3-6,9H,7-8H2,1-2H3,(H2,16,23). The molecule has 0 aliphatic heterocycles. The molecule has 130 valence electrons. The molecule has 2 heterocycles. The Bertz CT molecular complexity index is 979. The summed E-state index contributed by atoms with van der Waals surface area (Å²) in [7, 11) is 0. The Labute approximate surface area is 147 Å². The van der Waals surface area contributed by atoms with E-state index in [-0.39, 0.29) is 18.1 Å². The van der Waals surface area contributed by atoms with E-state index in [9.17, 15) is 9.59 Å². The maximum atomic E-state index is 12.7. The van der Waals surface area contributed by atoms with Crippen molar-refractivity contribution in [2.24, 2.45) is 5.73 Å². The maximum Gasteiger partial charge on any atom is 0.261 e. The fraction of sp³-hybridized carbons (Fsp3) is 0.333. The summed E-state index contributed by atoms with van der Waals surface area (Å²) < 4.78 is 2.99. The van der Waals surface area contributed by atoms with Gasteiger partial charge in [0, 0.05) is 0 Å². The normalized spacial score (nSPS) is 11.3. The van der Waals surface area contributed by atoms with E-state index in [0.29, 0.717) is 27.6 Å². The maximum absolute atomic E-state index is 12.7. The van der Waals surface area contributed by atoms with Crippen molar-refractivity contribution in [3.63, 3.8) is 0 Å². The molecule has 0 fully saturated rings. The summed E-state index contributed by atoms with van der Waals surface area (Å²) in [6.07, 6.45) is 0. The van der Waals surface area contributed by atoms with E-state index >= 15 is 0 Å². The van der Waals surface area contributed by atoms with Gasteiger partial charge in [-0.25, -0.2) is 9.67 Å². The molecule has 0 aliphatic rings. The minimum Gasteiger partial charge on any atom is -0.368 e. The average Bonchev–Trinajstić information content (AvgIpc) is 3.04. The molecule has 0 unspecified atom stereocenters. The summed E-state index contributed by atoms with van der Waals surface area (Å²) in [6.45, 7) is 3.72. The Balaban J connectivity index is 2.00. The van der Waals surface area contributed by atoms with Gasteiger partial charge in [-0.2, -0.15) is 0 Å². The highest BCUT2D eigenvalue weighted by atomic mass is 32.2. The van der Waals surface area contributed by atoms with Gasteiger partial charge < -0.3 is 5.73 Å². The number of hydrogen-bond acceptors (Lipinski definition) is 7. The lowest BCUT2D eigenvalue weighted by Gasteiger charge is -2.12. The predicted octanol–water partition coefficient (Wildman–Crippen LogP) is 0.741. The molecule has 2 aromatic heterocycles. The molecule has 25 heavy (non-hydrogen) atoms. The van der Waals surface area contributed by atoms with Crippen LogP contribution in [-0.4, -0.2) is 35.7 Å². The molecular formula is C15H17N7O2S. The van der Waals surface area contributed by atoms with Crippen LogP contribution >= 0.6 is 11.8 Å². The number of fused-ring (bicyclic) bond motifs is 1. The Morgan fingerprint density at radius 2 is 2.08 bits per heavy atom.